The van der Waals surface area contributed by atoms with Crippen LogP contribution in [0.4, 0.5) is 17.6 Å². The average Bonchev–Trinajstić information content (AvgIpc) is 2.37. The fourth-order valence-electron chi connectivity index (χ4n) is 1.40. The second-order valence-corrected chi connectivity index (χ2v) is 5.34. The van der Waals surface area contributed by atoms with Gasteiger partial charge in [0.2, 0.25) is 0 Å². The van der Waals surface area contributed by atoms with Gasteiger partial charge < -0.3 is 9.47 Å². The quantitative estimate of drug-likeness (QED) is 0.513. The van der Waals surface area contributed by atoms with Crippen molar-refractivity contribution in [3.05, 3.63) is 22.2 Å². The molecule has 0 aromatic heterocycles. The van der Waals surface area contributed by atoms with E-state index in [4.69, 9.17) is 9.47 Å². The minimum Gasteiger partial charge on any atom is -0.496 e. The Morgan fingerprint density at radius 3 is 2.05 bits per heavy atom. The average molecular weight is 410 g/mol. The number of rotatable bonds is 5. The zero-order valence-electron chi connectivity index (χ0n) is 9.89. The van der Waals surface area contributed by atoms with E-state index in [1.54, 1.807) is 0 Å². The molecule has 2 nitrogen and oxygen atoms in total. The van der Waals surface area contributed by atoms with Crippen LogP contribution in [-0.4, -0.2) is 26.6 Å². The van der Waals surface area contributed by atoms with Crippen molar-refractivity contribution >= 4 is 31.9 Å². The standard InChI is InChI=1S/C11H10Br2F4O2/c1-18-7-4-6(12)8(19-2)3-5(7)9(13)11(16,17)10(14)15/h3-4,9-10H,1-2H3. The van der Waals surface area contributed by atoms with Crippen LogP contribution in [0.1, 0.15) is 10.4 Å². The molecule has 1 unspecified atom stereocenters. The highest BCUT2D eigenvalue weighted by molar-refractivity contribution is 9.10. The van der Waals surface area contributed by atoms with Crippen LogP contribution in [0.3, 0.4) is 0 Å². The lowest BCUT2D eigenvalue weighted by atomic mass is 10.1. The van der Waals surface area contributed by atoms with Gasteiger partial charge in [0.1, 0.15) is 16.3 Å². The van der Waals surface area contributed by atoms with Crippen molar-refractivity contribution in [2.45, 2.75) is 17.2 Å². The van der Waals surface area contributed by atoms with Gasteiger partial charge in [-0.2, -0.15) is 8.78 Å². The third-order valence-electron chi connectivity index (χ3n) is 2.41. The maximum atomic E-state index is 13.4. The van der Waals surface area contributed by atoms with Gasteiger partial charge in [0, 0.05) is 5.56 Å². The van der Waals surface area contributed by atoms with Gasteiger partial charge in [0.25, 0.3) is 0 Å². The molecule has 0 saturated carbocycles. The van der Waals surface area contributed by atoms with E-state index in [9.17, 15) is 17.6 Å². The summed E-state index contributed by atoms with van der Waals surface area (Å²) in [4.78, 5) is -1.89. The lowest BCUT2D eigenvalue weighted by Gasteiger charge is -2.23. The number of hydrogen-bond donors (Lipinski definition) is 0. The number of benzene rings is 1. The summed E-state index contributed by atoms with van der Waals surface area (Å²) >= 11 is 5.76. The number of hydrogen-bond acceptors (Lipinski definition) is 2. The molecule has 1 aromatic rings. The molecule has 0 spiro atoms. The summed E-state index contributed by atoms with van der Waals surface area (Å²) in [6, 6.07) is 2.60. The number of methoxy groups -OCH3 is 2. The molecule has 0 heterocycles. The van der Waals surface area contributed by atoms with Gasteiger partial charge in [-0.25, -0.2) is 8.78 Å². The Balaban J connectivity index is 3.32. The van der Waals surface area contributed by atoms with E-state index in [0.29, 0.717) is 4.47 Å². The van der Waals surface area contributed by atoms with Gasteiger partial charge in [0.05, 0.1) is 18.7 Å². The van der Waals surface area contributed by atoms with Crippen molar-refractivity contribution in [3.8, 4) is 11.5 Å². The summed E-state index contributed by atoms with van der Waals surface area (Å²) in [5, 5.41) is 0. The fourth-order valence-corrected chi connectivity index (χ4v) is 2.44. The first kappa shape index (κ1) is 16.6. The number of halogens is 6. The van der Waals surface area contributed by atoms with Crippen LogP contribution in [0.5, 0.6) is 11.5 Å². The number of ether oxygens (including phenoxy) is 2. The summed E-state index contributed by atoms with van der Waals surface area (Å²) in [5.74, 6) is -3.94. The lowest BCUT2D eigenvalue weighted by molar-refractivity contribution is -0.128. The molecule has 108 valence electrons. The van der Waals surface area contributed by atoms with Crippen LogP contribution in [0.15, 0.2) is 16.6 Å². The maximum Gasteiger partial charge on any atom is 0.323 e. The summed E-state index contributed by atoms with van der Waals surface area (Å²) in [7, 11) is 2.60. The normalized spacial score (nSPS) is 13.5. The maximum absolute atomic E-state index is 13.4. The smallest absolute Gasteiger partial charge is 0.323 e. The highest BCUT2D eigenvalue weighted by Crippen LogP contribution is 2.47. The Labute approximate surface area is 124 Å². The monoisotopic (exact) mass is 408 g/mol. The molecule has 8 heteroatoms. The molecular weight excluding hydrogens is 400 g/mol. The third-order valence-corrected chi connectivity index (χ3v) is 4.13. The Morgan fingerprint density at radius 2 is 1.63 bits per heavy atom. The van der Waals surface area contributed by atoms with Crippen molar-refractivity contribution in [3.63, 3.8) is 0 Å². The van der Waals surface area contributed by atoms with Crippen molar-refractivity contribution in [1.29, 1.82) is 0 Å². The molecule has 0 amide bonds. The number of alkyl halides is 5. The van der Waals surface area contributed by atoms with Crippen LogP contribution < -0.4 is 9.47 Å². The Bertz CT molecular complexity index is 455. The van der Waals surface area contributed by atoms with Gasteiger partial charge in [-0.15, -0.1) is 0 Å². The summed E-state index contributed by atoms with van der Waals surface area (Å²) in [6.45, 7) is 0. The first-order valence-corrected chi connectivity index (χ1v) is 6.68. The van der Waals surface area contributed by atoms with E-state index >= 15 is 0 Å². The van der Waals surface area contributed by atoms with Crippen LogP contribution in [0.2, 0.25) is 0 Å². The Kier molecular flexibility index (Phi) is 5.49. The fraction of sp³-hybridized carbons (Fsp3) is 0.455. The van der Waals surface area contributed by atoms with Gasteiger partial charge in [-0.3, -0.25) is 0 Å². The first-order chi connectivity index (χ1) is 8.75. The minimum atomic E-state index is -4.23. The van der Waals surface area contributed by atoms with Crippen LogP contribution in [0, 0.1) is 0 Å². The molecule has 19 heavy (non-hydrogen) atoms. The molecule has 0 fully saturated rings. The van der Waals surface area contributed by atoms with Crippen LogP contribution in [0.25, 0.3) is 0 Å². The predicted molar refractivity (Wildman–Crippen MR) is 69.9 cm³/mol. The predicted octanol–water partition coefficient (Wildman–Crippen LogP) is 4.80. The van der Waals surface area contributed by atoms with Gasteiger partial charge in [-0.05, 0) is 28.1 Å². The molecule has 0 bridgehead atoms. The topological polar surface area (TPSA) is 18.5 Å². The van der Waals surface area contributed by atoms with Crippen molar-refractivity contribution in [2.75, 3.05) is 14.2 Å². The van der Waals surface area contributed by atoms with E-state index < -0.39 is 17.2 Å². The molecule has 1 atom stereocenters. The zero-order chi connectivity index (χ0) is 14.8. The lowest BCUT2D eigenvalue weighted by Crippen LogP contribution is -2.31. The summed E-state index contributed by atoms with van der Waals surface area (Å²) in [6.07, 6.45) is -3.80. The summed E-state index contributed by atoms with van der Waals surface area (Å²) in [5.41, 5.74) is -0.118. The van der Waals surface area contributed by atoms with Gasteiger partial charge in [0.15, 0.2) is 0 Å². The molecule has 1 aromatic carbocycles. The van der Waals surface area contributed by atoms with E-state index in [1.165, 1.54) is 26.4 Å². The Morgan fingerprint density at radius 1 is 1.11 bits per heavy atom. The molecule has 0 radical (unpaired) electrons. The third kappa shape index (κ3) is 3.34. The van der Waals surface area contributed by atoms with E-state index in [2.05, 4.69) is 31.9 Å². The van der Waals surface area contributed by atoms with E-state index in [-0.39, 0.29) is 17.1 Å². The molecular formula is C11H10Br2F4O2. The molecule has 0 aliphatic rings. The largest absolute Gasteiger partial charge is 0.496 e. The van der Waals surface area contributed by atoms with Crippen LogP contribution in [-0.2, 0) is 0 Å². The Hall–Kier alpha value is -0.500. The molecule has 1 rings (SSSR count). The van der Waals surface area contributed by atoms with E-state index in [0.717, 1.165) is 0 Å². The molecule has 0 aliphatic heterocycles. The van der Waals surface area contributed by atoms with Crippen LogP contribution >= 0.6 is 31.9 Å². The summed E-state index contributed by atoms with van der Waals surface area (Å²) < 4.78 is 61.9. The zero-order valence-corrected chi connectivity index (χ0v) is 13.1. The second kappa shape index (κ2) is 6.30. The highest BCUT2D eigenvalue weighted by atomic mass is 79.9. The van der Waals surface area contributed by atoms with Crippen molar-refractivity contribution < 1.29 is 27.0 Å². The van der Waals surface area contributed by atoms with Gasteiger partial charge >= 0.3 is 12.3 Å². The van der Waals surface area contributed by atoms with Crippen molar-refractivity contribution in [2.24, 2.45) is 0 Å². The molecule has 0 saturated heterocycles. The van der Waals surface area contributed by atoms with Gasteiger partial charge in [-0.1, -0.05) is 15.9 Å². The minimum absolute atomic E-state index is 0.0508. The molecule has 0 aliphatic carbocycles. The van der Waals surface area contributed by atoms with E-state index in [1.807, 2.05) is 0 Å². The second-order valence-electron chi connectivity index (χ2n) is 3.57. The first-order valence-electron chi connectivity index (χ1n) is 4.97. The van der Waals surface area contributed by atoms with Crippen molar-refractivity contribution in [1.82, 2.24) is 0 Å². The highest BCUT2D eigenvalue weighted by Gasteiger charge is 2.49. The SMILES string of the molecule is COc1cc(C(Br)C(F)(F)C(F)F)c(OC)cc1Br. The molecule has 0 N–H and O–H groups in total.